The Bertz CT molecular complexity index is 1010. The van der Waals surface area contributed by atoms with Gasteiger partial charge in [0.1, 0.15) is 0 Å². The van der Waals surface area contributed by atoms with Gasteiger partial charge in [0.05, 0.1) is 15.5 Å². The Morgan fingerprint density at radius 3 is 2.19 bits per heavy atom. The molecule has 31 heavy (non-hydrogen) atoms. The van der Waals surface area contributed by atoms with Gasteiger partial charge in [-0.25, -0.2) is 13.2 Å². The molecule has 0 fully saturated rings. The van der Waals surface area contributed by atoms with Gasteiger partial charge in [0.25, 0.3) is 5.91 Å². The Morgan fingerprint density at radius 2 is 1.61 bits per heavy atom. The zero-order valence-electron chi connectivity index (χ0n) is 17.9. The van der Waals surface area contributed by atoms with Crippen molar-refractivity contribution in [2.24, 2.45) is 0 Å². The number of rotatable bonds is 10. The fourth-order valence-corrected chi connectivity index (χ4v) is 4.69. The molecule has 168 valence electrons. The van der Waals surface area contributed by atoms with E-state index < -0.39 is 22.6 Å². The van der Waals surface area contributed by atoms with Crippen molar-refractivity contribution in [3.05, 3.63) is 64.7 Å². The second-order valence-electron chi connectivity index (χ2n) is 6.70. The molecule has 9 heteroatoms. The lowest BCUT2D eigenvalue weighted by Crippen LogP contribution is -2.34. The highest BCUT2D eigenvalue weighted by Crippen LogP contribution is 2.23. The van der Waals surface area contributed by atoms with Crippen molar-refractivity contribution < 1.29 is 22.7 Å². The van der Waals surface area contributed by atoms with Gasteiger partial charge >= 0.3 is 5.97 Å². The molecule has 0 saturated heterocycles. The zero-order chi connectivity index (χ0) is 23.0. The van der Waals surface area contributed by atoms with Gasteiger partial charge in [0.2, 0.25) is 10.0 Å². The number of amides is 1. The molecular weight excluding hydrogens is 440 g/mol. The number of esters is 1. The highest BCUT2D eigenvalue weighted by Gasteiger charge is 2.25. The topological polar surface area (TPSA) is 84.0 Å². The van der Waals surface area contributed by atoms with Crippen LogP contribution in [0.3, 0.4) is 0 Å². The van der Waals surface area contributed by atoms with E-state index in [2.05, 4.69) is 0 Å². The first-order valence-corrected chi connectivity index (χ1v) is 11.8. The molecule has 0 bridgehead atoms. The number of nitrogens with zero attached hydrogens (tertiary/aromatic N) is 2. The van der Waals surface area contributed by atoms with Gasteiger partial charge in [-0.2, -0.15) is 4.31 Å². The molecule has 0 saturated carbocycles. The van der Waals surface area contributed by atoms with Crippen molar-refractivity contribution >= 4 is 33.5 Å². The summed E-state index contributed by atoms with van der Waals surface area (Å²) >= 11 is 6.10. The molecule has 0 heterocycles. The summed E-state index contributed by atoms with van der Waals surface area (Å²) in [6, 6.07) is 13.3. The Kier molecular flexibility index (Phi) is 9.03. The van der Waals surface area contributed by atoms with Gasteiger partial charge in [-0.3, -0.25) is 4.79 Å². The van der Waals surface area contributed by atoms with Gasteiger partial charge in [-0.05, 0) is 30.7 Å². The molecule has 0 N–H and O–H groups in total. The fraction of sp³-hybridized carbons (Fsp3) is 0.364. The molecule has 0 aliphatic heterocycles. The first kappa shape index (κ1) is 24.8. The standard InChI is InChI=1S/C22H27ClN2O5S/c1-4-24(15-17-10-8-7-9-11-17)21(26)16-30-22(27)19-14-18(12-13-20(19)23)31(28,29)25(5-2)6-3/h7-14H,4-6,15-16H2,1-3H3. The summed E-state index contributed by atoms with van der Waals surface area (Å²) in [6.07, 6.45) is 0. The minimum Gasteiger partial charge on any atom is -0.452 e. The smallest absolute Gasteiger partial charge is 0.340 e. The second-order valence-corrected chi connectivity index (χ2v) is 9.05. The molecule has 1 amide bonds. The normalized spacial score (nSPS) is 11.4. The Hall–Kier alpha value is -2.42. The summed E-state index contributed by atoms with van der Waals surface area (Å²) in [7, 11) is -3.77. The highest BCUT2D eigenvalue weighted by molar-refractivity contribution is 7.89. The van der Waals surface area contributed by atoms with Crippen LogP contribution >= 0.6 is 11.6 Å². The number of carbonyl (C=O) groups is 2. The number of hydrogen-bond acceptors (Lipinski definition) is 5. The molecule has 0 aliphatic rings. The van der Waals surface area contributed by atoms with Crippen LogP contribution in [-0.2, 0) is 26.1 Å². The first-order valence-electron chi connectivity index (χ1n) is 10.0. The SMILES string of the molecule is CCN(Cc1ccccc1)C(=O)COC(=O)c1cc(S(=O)(=O)N(CC)CC)ccc1Cl. The lowest BCUT2D eigenvalue weighted by atomic mass is 10.2. The molecule has 0 spiro atoms. The van der Waals surface area contributed by atoms with Crippen molar-refractivity contribution in [3.63, 3.8) is 0 Å². The summed E-state index contributed by atoms with van der Waals surface area (Å²) in [6.45, 7) is 6.26. The number of ether oxygens (including phenoxy) is 1. The number of hydrogen-bond donors (Lipinski definition) is 0. The largest absolute Gasteiger partial charge is 0.452 e. The molecule has 2 aromatic rings. The van der Waals surface area contributed by atoms with Gasteiger partial charge in [-0.1, -0.05) is 55.8 Å². The Morgan fingerprint density at radius 1 is 0.968 bits per heavy atom. The monoisotopic (exact) mass is 466 g/mol. The maximum absolute atomic E-state index is 12.7. The van der Waals surface area contributed by atoms with Crippen molar-refractivity contribution in [1.82, 2.24) is 9.21 Å². The number of carbonyl (C=O) groups excluding carboxylic acids is 2. The molecule has 0 aromatic heterocycles. The van der Waals surface area contributed by atoms with Gasteiger partial charge in [-0.15, -0.1) is 0 Å². The molecule has 0 atom stereocenters. The van der Waals surface area contributed by atoms with E-state index in [9.17, 15) is 18.0 Å². The molecular formula is C22H27ClN2O5S. The number of halogens is 1. The van der Waals surface area contributed by atoms with E-state index in [1.165, 1.54) is 22.5 Å². The van der Waals surface area contributed by atoms with E-state index in [1.807, 2.05) is 37.3 Å². The van der Waals surface area contributed by atoms with Crippen LogP contribution in [0, 0.1) is 0 Å². The van der Waals surface area contributed by atoms with Crippen molar-refractivity contribution in [1.29, 1.82) is 0 Å². The zero-order valence-corrected chi connectivity index (χ0v) is 19.4. The van der Waals surface area contributed by atoms with Crippen LogP contribution in [0.15, 0.2) is 53.4 Å². The number of likely N-dealkylation sites (N-methyl/N-ethyl adjacent to an activating group) is 1. The highest BCUT2D eigenvalue weighted by atomic mass is 35.5. The summed E-state index contributed by atoms with van der Waals surface area (Å²) in [4.78, 5) is 26.6. The van der Waals surface area contributed by atoms with Crippen LogP contribution in [0.25, 0.3) is 0 Å². The van der Waals surface area contributed by atoms with Crippen LogP contribution in [0.4, 0.5) is 0 Å². The van der Waals surface area contributed by atoms with E-state index in [1.54, 1.807) is 18.7 Å². The Balaban J connectivity index is 2.12. The molecule has 7 nitrogen and oxygen atoms in total. The molecule has 2 aromatic carbocycles. The minimum absolute atomic E-state index is 0.0487. The van der Waals surface area contributed by atoms with Crippen LogP contribution < -0.4 is 0 Å². The third kappa shape index (κ3) is 6.29. The summed E-state index contributed by atoms with van der Waals surface area (Å²) in [5.74, 6) is -1.21. The van der Waals surface area contributed by atoms with Crippen LogP contribution in [-0.4, -0.2) is 55.7 Å². The number of benzene rings is 2. The van der Waals surface area contributed by atoms with Crippen LogP contribution in [0.1, 0.15) is 36.7 Å². The van der Waals surface area contributed by atoms with Crippen molar-refractivity contribution in [2.75, 3.05) is 26.2 Å². The fourth-order valence-electron chi connectivity index (χ4n) is 3.01. The van der Waals surface area contributed by atoms with E-state index in [0.717, 1.165) is 5.56 Å². The molecule has 0 unspecified atom stereocenters. The van der Waals surface area contributed by atoms with Crippen LogP contribution in [0.2, 0.25) is 5.02 Å². The maximum atomic E-state index is 12.7. The van der Waals surface area contributed by atoms with Crippen LogP contribution in [0.5, 0.6) is 0 Å². The summed E-state index contributed by atoms with van der Waals surface area (Å²) in [5, 5.41) is 0.0487. The van der Waals surface area contributed by atoms with E-state index in [4.69, 9.17) is 16.3 Å². The van der Waals surface area contributed by atoms with E-state index in [0.29, 0.717) is 26.2 Å². The lowest BCUT2D eigenvalue weighted by molar-refractivity contribution is -0.134. The molecule has 0 aliphatic carbocycles. The average Bonchev–Trinajstić information content (AvgIpc) is 2.77. The third-order valence-electron chi connectivity index (χ3n) is 4.78. The van der Waals surface area contributed by atoms with Crippen molar-refractivity contribution in [3.8, 4) is 0 Å². The van der Waals surface area contributed by atoms with Gasteiger partial charge in [0.15, 0.2) is 6.61 Å². The summed E-state index contributed by atoms with van der Waals surface area (Å²) < 4.78 is 31.9. The van der Waals surface area contributed by atoms with E-state index >= 15 is 0 Å². The third-order valence-corrected chi connectivity index (χ3v) is 7.15. The van der Waals surface area contributed by atoms with E-state index in [-0.39, 0.29) is 21.4 Å². The maximum Gasteiger partial charge on any atom is 0.340 e. The molecule has 2 rings (SSSR count). The predicted octanol–water partition coefficient (Wildman–Crippen LogP) is 3.58. The van der Waals surface area contributed by atoms with Gasteiger partial charge in [0, 0.05) is 26.2 Å². The quantitative estimate of drug-likeness (QED) is 0.500. The minimum atomic E-state index is -3.77. The first-order chi connectivity index (χ1) is 14.7. The van der Waals surface area contributed by atoms with Gasteiger partial charge < -0.3 is 9.64 Å². The number of sulfonamides is 1. The second kappa shape index (κ2) is 11.3. The lowest BCUT2D eigenvalue weighted by Gasteiger charge is -2.21. The Labute approximate surface area is 188 Å². The summed E-state index contributed by atoms with van der Waals surface area (Å²) in [5.41, 5.74) is 0.857. The molecule has 0 radical (unpaired) electrons. The van der Waals surface area contributed by atoms with Crippen molar-refractivity contribution in [2.45, 2.75) is 32.2 Å². The predicted molar refractivity (Wildman–Crippen MR) is 119 cm³/mol. The average molecular weight is 467 g/mol.